The molecule has 0 radical (unpaired) electrons. The van der Waals surface area contributed by atoms with Crippen LogP contribution in [0, 0.1) is 25.6 Å². The van der Waals surface area contributed by atoms with Crippen LogP contribution < -0.4 is 15.4 Å². The molecule has 0 aliphatic heterocycles. The first kappa shape index (κ1) is 25.7. The largest absolute Gasteiger partial charge is 0.494 e. The molecular weight excluding hydrogens is 470 g/mol. The van der Waals surface area contributed by atoms with E-state index in [0.29, 0.717) is 28.3 Å². The summed E-state index contributed by atoms with van der Waals surface area (Å²) in [6.07, 6.45) is -4.70. The average Bonchev–Trinajstić information content (AvgIpc) is 3.36. The maximum Gasteiger partial charge on any atom is 0.435 e. The van der Waals surface area contributed by atoms with E-state index in [1.165, 1.54) is 33.1 Å². The van der Waals surface area contributed by atoms with E-state index >= 15 is 0 Å². The number of benzene rings is 1. The predicted molar refractivity (Wildman–Crippen MR) is 122 cm³/mol. The molecule has 3 rings (SSSR count). The zero-order chi connectivity index (χ0) is 25.9. The van der Waals surface area contributed by atoms with E-state index in [9.17, 15) is 22.4 Å². The zero-order valence-corrected chi connectivity index (χ0v) is 19.7. The van der Waals surface area contributed by atoms with Crippen LogP contribution in [0.4, 0.5) is 28.2 Å². The van der Waals surface area contributed by atoms with Crippen molar-refractivity contribution >= 4 is 17.8 Å². The number of anilines is 1. The minimum atomic E-state index is -4.70. The fourth-order valence-corrected chi connectivity index (χ4v) is 3.08. The molecule has 0 aliphatic rings. The molecule has 2 aromatic heterocycles. The van der Waals surface area contributed by atoms with Gasteiger partial charge in [-0.2, -0.15) is 33.0 Å². The molecule has 0 aliphatic carbocycles. The number of hydrogen-bond acceptors (Lipinski definition) is 4. The van der Waals surface area contributed by atoms with Crippen molar-refractivity contribution in [1.82, 2.24) is 25.3 Å². The predicted octanol–water partition coefficient (Wildman–Crippen LogP) is 4.74. The fraction of sp³-hybridized carbons (Fsp3) is 0.364. The number of amides is 1. The number of aliphatic imine (C=N–C) groups is 1. The third kappa shape index (κ3) is 5.97. The summed E-state index contributed by atoms with van der Waals surface area (Å²) in [5, 5.41) is 16.0. The van der Waals surface area contributed by atoms with E-state index in [4.69, 9.17) is 4.74 Å². The van der Waals surface area contributed by atoms with E-state index in [1.54, 1.807) is 12.1 Å². The first-order valence-corrected chi connectivity index (χ1v) is 10.6. The fourth-order valence-electron chi connectivity index (χ4n) is 3.08. The van der Waals surface area contributed by atoms with Gasteiger partial charge in [-0.05, 0) is 38.0 Å². The number of halogens is 4. The van der Waals surface area contributed by atoms with Crippen molar-refractivity contribution in [3.8, 4) is 17.0 Å². The number of hydrogen-bond donors (Lipinski definition) is 3. The Bertz CT molecular complexity index is 1250. The van der Waals surface area contributed by atoms with Crippen molar-refractivity contribution in [2.45, 2.75) is 33.9 Å². The van der Waals surface area contributed by atoms with Crippen molar-refractivity contribution in [2.75, 3.05) is 19.0 Å². The molecule has 1 aromatic carbocycles. The molecule has 0 spiro atoms. The Labute approximate surface area is 198 Å². The topological polar surface area (TPSA) is 109 Å². The summed E-state index contributed by atoms with van der Waals surface area (Å²) in [5.41, 5.74) is -0.403. The number of carbonyl (C=O) groups is 1. The van der Waals surface area contributed by atoms with E-state index in [-0.39, 0.29) is 28.9 Å². The molecule has 0 fully saturated rings. The van der Waals surface area contributed by atoms with Crippen LogP contribution in [0.2, 0.25) is 0 Å². The highest BCUT2D eigenvalue weighted by atomic mass is 19.4. The molecule has 188 valence electrons. The number of carbonyl (C=O) groups excluding carboxylic acids is 1. The maximum atomic E-state index is 14.0. The van der Waals surface area contributed by atoms with Crippen LogP contribution in [0.3, 0.4) is 0 Å². The molecule has 0 bridgehead atoms. The summed E-state index contributed by atoms with van der Waals surface area (Å²) >= 11 is 0. The molecule has 3 N–H and O–H groups in total. The lowest BCUT2D eigenvalue weighted by atomic mass is 10.1. The van der Waals surface area contributed by atoms with Gasteiger partial charge in [-0.1, -0.05) is 13.8 Å². The van der Waals surface area contributed by atoms with Gasteiger partial charge in [-0.15, -0.1) is 0 Å². The van der Waals surface area contributed by atoms with Crippen molar-refractivity contribution in [2.24, 2.45) is 10.9 Å². The minimum absolute atomic E-state index is 0.0269. The molecule has 0 unspecified atom stereocenters. The number of aromatic nitrogens is 4. The molecule has 0 saturated heterocycles. The van der Waals surface area contributed by atoms with Crippen LogP contribution >= 0.6 is 0 Å². The van der Waals surface area contributed by atoms with Gasteiger partial charge in [-0.25, -0.2) is 9.18 Å². The Balaban J connectivity index is 1.88. The Morgan fingerprint density at radius 3 is 2.54 bits per heavy atom. The van der Waals surface area contributed by atoms with Crippen LogP contribution in [0.25, 0.3) is 11.3 Å². The number of nitrogens with zero attached hydrogens (tertiary/aromatic N) is 4. The van der Waals surface area contributed by atoms with Gasteiger partial charge in [0.2, 0.25) is 5.96 Å². The van der Waals surface area contributed by atoms with Crippen LogP contribution in [-0.4, -0.2) is 45.6 Å². The maximum absolute atomic E-state index is 14.0. The number of rotatable bonds is 5. The Morgan fingerprint density at radius 2 is 1.97 bits per heavy atom. The van der Waals surface area contributed by atoms with E-state index in [0.717, 1.165) is 0 Å². The highest BCUT2D eigenvalue weighted by Gasteiger charge is 2.38. The van der Waals surface area contributed by atoms with Crippen LogP contribution in [0.15, 0.2) is 29.3 Å². The van der Waals surface area contributed by atoms with Gasteiger partial charge in [0.05, 0.1) is 12.8 Å². The van der Waals surface area contributed by atoms with E-state index in [2.05, 4.69) is 30.9 Å². The van der Waals surface area contributed by atoms with Crippen molar-refractivity contribution in [1.29, 1.82) is 0 Å². The van der Waals surface area contributed by atoms with Crippen LogP contribution in [-0.2, 0) is 6.18 Å². The standard InChI is InChI=1S/C22H25F4N7O2/c1-11(2)10-27-20(29-21(34)33-13(4)12(3)19(32-33)22(24,25)26)28-18-9-16(30-31-18)14-6-7-17(35-5)15(23)8-14/h6-9,11H,10H2,1-5H3,(H3,27,28,29,30,31,34). The van der Waals surface area contributed by atoms with Crippen LogP contribution in [0.5, 0.6) is 5.75 Å². The number of guanidine groups is 1. The molecule has 3 aromatic rings. The first-order chi connectivity index (χ1) is 16.4. The minimum Gasteiger partial charge on any atom is -0.494 e. The summed E-state index contributed by atoms with van der Waals surface area (Å²) < 4.78 is 59.1. The van der Waals surface area contributed by atoms with Gasteiger partial charge in [-0.3, -0.25) is 5.10 Å². The molecular formula is C22H25F4N7O2. The van der Waals surface area contributed by atoms with E-state index in [1.807, 2.05) is 13.8 Å². The quantitative estimate of drug-likeness (QED) is 0.268. The molecule has 0 atom stereocenters. The lowest BCUT2D eigenvalue weighted by molar-refractivity contribution is -0.141. The molecule has 13 heteroatoms. The van der Waals surface area contributed by atoms with Gasteiger partial charge in [0, 0.05) is 29.4 Å². The number of aromatic amines is 1. The zero-order valence-electron chi connectivity index (χ0n) is 19.7. The number of ether oxygens (including phenoxy) is 1. The second-order valence-corrected chi connectivity index (χ2v) is 8.13. The molecule has 0 saturated carbocycles. The Morgan fingerprint density at radius 1 is 1.26 bits per heavy atom. The van der Waals surface area contributed by atoms with Gasteiger partial charge in [0.15, 0.2) is 17.3 Å². The SMILES string of the molecule is COc1ccc(-c2cc(NC(=NC(=O)n3nc(C(F)(F)F)c(C)c3C)NCC(C)C)[nH]n2)cc1F. The van der Waals surface area contributed by atoms with Crippen molar-refractivity contribution < 1.29 is 27.1 Å². The number of H-pyrrole nitrogens is 1. The monoisotopic (exact) mass is 495 g/mol. The van der Waals surface area contributed by atoms with Gasteiger partial charge in [0.1, 0.15) is 5.82 Å². The van der Waals surface area contributed by atoms with Gasteiger partial charge < -0.3 is 15.4 Å². The summed E-state index contributed by atoms with van der Waals surface area (Å²) in [5.74, 6) is -0.0186. The van der Waals surface area contributed by atoms with Gasteiger partial charge >= 0.3 is 12.2 Å². The Kier molecular flexibility index (Phi) is 7.46. The molecule has 2 heterocycles. The highest BCUT2D eigenvalue weighted by molar-refractivity contribution is 6.00. The number of nitrogens with one attached hydrogen (secondary N) is 3. The first-order valence-electron chi connectivity index (χ1n) is 10.6. The summed E-state index contributed by atoms with van der Waals surface area (Å²) in [6.45, 7) is 6.86. The molecule has 9 nitrogen and oxygen atoms in total. The lowest BCUT2D eigenvalue weighted by Gasteiger charge is -2.12. The summed E-state index contributed by atoms with van der Waals surface area (Å²) in [7, 11) is 1.36. The lowest BCUT2D eigenvalue weighted by Crippen LogP contribution is -2.35. The number of alkyl halides is 3. The summed E-state index contributed by atoms with van der Waals surface area (Å²) in [6, 6.07) is 4.89. The summed E-state index contributed by atoms with van der Waals surface area (Å²) in [4.78, 5) is 16.6. The second-order valence-electron chi connectivity index (χ2n) is 8.13. The third-order valence-corrected chi connectivity index (χ3v) is 5.03. The molecule has 35 heavy (non-hydrogen) atoms. The van der Waals surface area contributed by atoms with Crippen molar-refractivity contribution in [3.63, 3.8) is 0 Å². The van der Waals surface area contributed by atoms with Crippen LogP contribution in [0.1, 0.15) is 30.8 Å². The van der Waals surface area contributed by atoms with Crippen molar-refractivity contribution in [3.05, 3.63) is 47.0 Å². The van der Waals surface area contributed by atoms with Gasteiger partial charge in [0.25, 0.3) is 0 Å². The van der Waals surface area contributed by atoms with E-state index < -0.39 is 23.7 Å². The number of methoxy groups -OCH3 is 1. The average molecular weight is 495 g/mol. The second kappa shape index (κ2) is 10.2. The smallest absolute Gasteiger partial charge is 0.435 e. The molecule has 1 amide bonds. The Hall–Kier alpha value is -3.90. The third-order valence-electron chi connectivity index (χ3n) is 5.03. The highest BCUT2D eigenvalue weighted by Crippen LogP contribution is 2.32. The normalized spacial score (nSPS) is 12.2.